The van der Waals surface area contributed by atoms with Crippen LogP contribution in [-0.2, 0) is 0 Å². The van der Waals surface area contributed by atoms with Crippen molar-refractivity contribution in [3.8, 4) is 0 Å². The fourth-order valence-corrected chi connectivity index (χ4v) is 0.547. The van der Waals surface area contributed by atoms with Gasteiger partial charge in [-0.3, -0.25) is 0 Å². The topological polar surface area (TPSA) is 3.01 Å². The number of rotatable bonds is 1. The van der Waals surface area contributed by atoms with Crippen molar-refractivity contribution < 1.29 is 4.58 Å². The molecule has 0 N–H and O–H groups in total. The Morgan fingerprint density at radius 3 is 1.67 bits per heavy atom. The molecule has 0 aliphatic rings. The minimum absolute atomic E-state index is 1.30. The maximum atomic E-state index is 2.17. The normalized spacial score (nSPS) is 8.56. The summed E-state index contributed by atoms with van der Waals surface area (Å²) in [7, 11) is 4.10. The third-order valence-corrected chi connectivity index (χ3v) is 1.20. The zero-order valence-electron chi connectivity index (χ0n) is 7.02. The van der Waals surface area contributed by atoms with E-state index in [1.807, 2.05) is 0 Å². The van der Waals surface area contributed by atoms with Gasteiger partial charge in [0.05, 0.1) is 0 Å². The average molecular weight is 126 g/mol. The van der Waals surface area contributed by atoms with Gasteiger partial charge in [0.2, 0.25) is 0 Å². The molecule has 0 atom stereocenters. The van der Waals surface area contributed by atoms with Gasteiger partial charge in [0, 0.05) is 13.0 Å². The quantitative estimate of drug-likeness (QED) is 0.371. The summed E-state index contributed by atoms with van der Waals surface area (Å²) in [5.41, 5.74) is 2.65. The van der Waals surface area contributed by atoms with Crippen LogP contribution in [0.15, 0.2) is 11.6 Å². The standard InChI is InChI=1S/C8H16N/c1-7(2)6-8(3)9(4)5/h6H,1-5H3/q+1. The van der Waals surface area contributed by atoms with Crippen molar-refractivity contribution in [3.63, 3.8) is 0 Å². The maximum Gasteiger partial charge on any atom is 0.172 e. The lowest BCUT2D eigenvalue weighted by molar-refractivity contribution is -0.464. The van der Waals surface area contributed by atoms with Crippen LogP contribution >= 0.6 is 0 Å². The minimum atomic E-state index is 1.30. The minimum Gasteiger partial charge on any atom is -0.239 e. The second-order valence-electron chi connectivity index (χ2n) is 2.76. The second kappa shape index (κ2) is 3.44. The van der Waals surface area contributed by atoms with Crippen molar-refractivity contribution in [2.75, 3.05) is 14.1 Å². The van der Waals surface area contributed by atoms with Crippen molar-refractivity contribution in [2.24, 2.45) is 0 Å². The Morgan fingerprint density at radius 1 is 1.11 bits per heavy atom. The van der Waals surface area contributed by atoms with E-state index in [0.29, 0.717) is 0 Å². The Bertz CT molecular complexity index is 144. The third kappa shape index (κ3) is 3.95. The summed E-state index contributed by atoms with van der Waals surface area (Å²) in [6.45, 7) is 6.31. The smallest absolute Gasteiger partial charge is 0.172 e. The molecule has 0 aromatic rings. The summed E-state index contributed by atoms with van der Waals surface area (Å²) in [5, 5.41) is 0. The highest BCUT2D eigenvalue weighted by Gasteiger charge is 1.92. The van der Waals surface area contributed by atoms with Crippen molar-refractivity contribution >= 4 is 5.71 Å². The lowest BCUT2D eigenvalue weighted by Crippen LogP contribution is -2.06. The van der Waals surface area contributed by atoms with E-state index in [-0.39, 0.29) is 0 Å². The molecule has 52 valence electrons. The molecule has 0 spiro atoms. The van der Waals surface area contributed by atoms with E-state index in [2.05, 4.69) is 45.5 Å². The van der Waals surface area contributed by atoms with Gasteiger partial charge in [-0.05, 0) is 13.8 Å². The van der Waals surface area contributed by atoms with Crippen LogP contribution in [0, 0.1) is 0 Å². The van der Waals surface area contributed by atoms with Gasteiger partial charge in [0.25, 0.3) is 0 Å². The average Bonchev–Trinajstić information content (AvgIpc) is 1.63. The highest BCUT2D eigenvalue weighted by molar-refractivity contribution is 5.88. The van der Waals surface area contributed by atoms with Crippen LogP contribution < -0.4 is 0 Å². The molecule has 1 nitrogen and oxygen atoms in total. The van der Waals surface area contributed by atoms with Gasteiger partial charge >= 0.3 is 0 Å². The van der Waals surface area contributed by atoms with Crippen LogP contribution in [0.3, 0.4) is 0 Å². The molecule has 0 bridgehead atoms. The van der Waals surface area contributed by atoms with E-state index in [1.165, 1.54) is 11.3 Å². The molecule has 0 heterocycles. The second-order valence-corrected chi connectivity index (χ2v) is 2.76. The monoisotopic (exact) mass is 126 g/mol. The molecule has 0 unspecified atom stereocenters. The third-order valence-electron chi connectivity index (χ3n) is 1.20. The van der Waals surface area contributed by atoms with Gasteiger partial charge in [-0.2, -0.15) is 0 Å². The SMILES string of the molecule is CC(C)=CC(C)=[N+](C)C. The van der Waals surface area contributed by atoms with E-state index in [0.717, 1.165) is 0 Å². The van der Waals surface area contributed by atoms with E-state index in [9.17, 15) is 0 Å². The molecule has 0 aromatic heterocycles. The number of hydrogen-bond acceptors (Lipinski definition) is 0. The maximum absolute atomic E-state index is 2.17. The Kier molecular flexibility index (Phi) is 3.21. The lowest BCUT2D eigenvalue weighted by atomic mass is 10.2. The van der Waals surface area contributed by atoms with Gasteiger partial charge in [-0.15, -0.1) is 0 Å². The first-order valence-electron chi connectivity index (χ1n) is 3.20. The summed E-state index contributed by atoms with van der Waals surface area (Å²) in [6, 6.07) is 0. The number of allylic oxidation sites excluding steroid dienone is 2. The zero-order chi connectivity index (χ0) is 7.44. The predicted octanol–water partition coefficient (Wildman–Crippen LogP) is 1.69. The van der Waals surface area contributed by atoms with Crippen LogP contribution in [-0.4, -0.2) is 24.4 Å². The summed E-state index contributed by atoms with van der Waals surface area (Å²) >= 11 is 0. The first-order chi connectivity index (χ1) is 4.04. The fraction of sp³-hybridized carbons (Fsp3) is 0.625. The molecule has 0 radical (unpaired) electrons. The van der Waals surface area contributed by atoms with Crippen LogP contribution in [0.1, 0.15) is 20.8 Å². The molecular weight excluding hydrogens is 110 g/mol. The van der Waals surface area contributed by atoms with Gasteiger partial charge in [0.15, 0.2) is 5.71 Å². The number of hydrogen-bond donors (Lipinski definition) is 0. The molecule has 0 saturated heterocycles. The lowest BCUT2D eigenvalue weighted by Gasteiger charge is -1.90. The summed E-state index contributed by atoms with van der Waals surface area (Å²) in [5.74, 6) is 0. The van der Waals surface area contributed by atoms with Gasteiger partial charge in [0.1, 0.15) is 14.1 Å². The van der Waals surface area contributed by atoms with E-state index >= 15 is 0 Å². The molecule has 0 saturated carbocycles. The molecule has 0 aliphatic carbocycles. The van der Waals surface area contributed by atoms with E-state index < -0.39 is 0 Å². The summed E-state index contributed by atoms with van der Waals surface area (Å²) in [4.78, 5) is 0. The molecule has 1 heteroatoms. The zero-order valence-corrected chi connectivity index (χ0v) is 7.02. The highest BCUT2D eigenvalue weighted by Crippen LogP contribution is 1.88. The van der Waals surface area contributed by atoms with Crippen molar-refractivity contribution in [2.45, 2.75) is 20.8 Å². The Morgan fingerprint density at radius 2 is 1.56 bits per heavy atom. The molecule has 0 fully saturated rings. The predicted molar refractivity (Wildman–Crippen MR) is 42.2 cm³/mol. The highest BCUT2D eigenvalue weighted by atomic mass is 14.9. The largest absolute Gasteiger partial charge is 0.239 e. The molecule has 9 heavy (non-hydrogen) atoms. The fourth-order valence-electron chi connectivity index (χ4n) is 0.547. The Balaban J connectivity index is 4.25. The van der Waals surface area contributed by atoms with E-state index in [1.54, 1.807) is 0 Å². The van der Waals surface area contributed by atoms with Crippen LogP contribution in [0.2, 0.25) is 0 Å². The van der Waals surface area contributed by atoms with Crippen molar-refractivity contribution in [1.29, 1.82) is 0 Å². The van der Waals surface area contributed by atoms with Gasteiger partial charge in [-0.1, -0.05) is 5.57 Å². The molecule has 0 amide bonds. The summed E-state index contributed by atoms with van der Waals surface area (Å²) < 4.78 is 2.10. The Hall–Kier alpha value is -0.590. The van der Waals surface area contributed by atoms with E-state index in [4.69, 9.17) is 0 Å². The Labute approximate surface area is 57.7 Å². The molecule has 0 rings (SSSR count). The van der Waals surface area contributed by atoms with Gasteiger partial charge in [-0.25, -0.2) is 4.58 Å². The van der Waals surface area contributed by atoms with Crippen molar-refractivity contribution in [1.82, 2.24) is 0 Å². The van der Waals surface area contributed by atoms with Crippen LogP contribution in [0.4, 0.5) is 0 Å². The van der Waals surface area contributed by atoms with Crippen molar-refractivity contribution in [3.05, 3.63) is 11.6 Å². The van der Waals surface area contributed by atoms with Crippen LogP contribution in [0.5, 0.6) is 0 Å². The van der Waals surface area contributed by atoms with Gasteiger partial charge < -0.3 is 0 Å². The molecule has 0 aromatic carbocycles. The first-order valence-corrected chi connectivity index (χ1v) is 3.20. The van der Waals surface area contributed by atoms with Crippen LogP contribution in [0.25, 0.3) is 0 Å². The molecule has 0 aliphatic heterocycles. The summed E-state index contributed by atoms with van der Waals surface area (Å²) in [6.07, 6.45) is 2.17. The number of nitrogens with zero attached hydrogens (tertiary/aromatic N) is 1. The molecular formula is C8H16N+. The first kappa shape index (κ1) is 8.41.